The van der Waals surface area contributed by atoms with E-state index in [2.05, 4.69) is 63.8 Å². The van der Waals surface area contributed by atoms with Crippen molar-refractivity contribution in [2.24, 2.45) is 0 Å². The van der Waals surface area contributed by atoms with Crippen LogP contribution in [0.5, 0.6) is 0 Å². The van der Waals surface area contributed by atoms with Gasteiger partial charge in [0.25, 0.3) is 0 Å². The Balaban J connectivity index is 1.33. The Labute approximate surface area is 215 Å². The van der Waals surface area contributed by atoms with Crippen LogP contribution in [-0.4, -0.2) is 15.7 Å². The smallest absolute Gasteiger partial charge is 0.0632 e. The Hall–Kier alpha value is -5.09. The van der Waals surface area contributed by atoms with Crippen molar-refractivity contribution in [2.45, 2.75) is 0 Å². The SMILES string of the molecule is N=C(/C=C1/C=c2ccccc2=CN1)c1ccc(-c2cc(-c3ccncc3)cc(-c3ccncc3)c2)cc1. The lowest BCUT2D eigenvalue weighted by Crippen LogP contribution is -2.31. The number of benzene rings is 3. The minimum atomic E-state index is 0.459. The number of hydrogen-bond acceptors (Lipinski definition) is 4. The lowest BCUT2D eigenvalue weighted by Gasteiger charge is -2.12. The maximum Gasteiger partial charge on any atom is 0.0632 e. The van der Waals surface area contributed by atoms with Gasteiger partial charge in [0.05, 0.1) is 5.71 Å². The van der Waals surface area contributed by atoms with Gasteiger partial charge in [-0.25, -0.2) is 0 Å². The molecule has 37 heavy (non-hydrogen) atoms. The molecule has 0 bridgehead atoms. The van der Waals surface area contributed by atoms with E-state index in [-0.39, 0.29) is 0 Å². The van der Waals surface area contributed by atoms with E-state index >= 15 is 0 Å². The first-order valence-corrected chi connectivity index (χ1v) is 12.1. The van der Waals surface area contributed by atoms with Crippen LogP contribution in [0, 0.1) is 5.41 Å². The van der Waals surface area contributed by atoms with Gasteiger partial charge in [-0.05, 0) is 104 Å². The third kappa shape index (κ3) is 4.86. The predicted molar refractivity (Wildman–Crippen MR) is 151 cm³/mol. The second-order valence-corrected chi connectivity index (χ2v) is 8.92. The highest BCUT2D eigenvalue weighted by molar-refractivity contribution is 6.07. The molecule has 2 aromatic heterocycles. The molecule has 4 nitrogen and oxygen atoms in total. The molecule has 0 aliphatic carbocycles. The van der Waals surface area contributed by atoms with Crippen molar-refractivity contribution in [3.8, 4) is 33.4 Å². The first-order chi connectivity index (χ1) is 18.2. The van der Waals surface area contributed by atoms with Crippen molar-refractivity contribution >= 4 is 18.0 Å². The van der Waals surface area contributed by atoms with Crippen LogP contribution in [0.25, 0.3) is 45.7 Å². The second kappa shape index (κ2) is 9.88. The zero-order chi connectivity index (χ0) is 25.0. The van der Waals surface area contributed by atoms with Crippen LogP contribution in [-0.2, 0) is 0 Å². The largest absolute Gasteiger partial charge is 0.361 e. The number of hydrogen-bond donors (Lipinski definition) is 2. The van der Waals surface area contributed by atoms with Crippen LogP contribution in [0.2, 0.25) is 0 Å². The highest BCUT2D eigenvalue weighted by Gasteiger charge is 2.09. The standard InChI is InChI=1S/C33H24N4/c34-33(21-32-20-27-3-1-2-4-28(27)22-37-32)26-7-5-23(6-8-26)29-17-30(24-9-13-35-14-10-24)19-31(18-29)25-11-15-36-16-12-25/h1-22,34,37H/b32-21-,34-33?. The van der Waals surface area contributed by atoms with Crippen LogP contribution in [0.15, 0.2) is 128 Å². The quantitative estimate of drug-likeness (QED) is 0.327. The summed E-state index contributed by atoms with van der Waals surface area (Å²) in [6.07, 6.45) is 13.2. The van der Waals surface area contributed by atoms with Crippen molar-refractivity contribution in [3.63, 3.8) is 0 Å². The predicted octanol–water partition coefficient (Wildman–Crippen LogP) is 5.55. The Bertz CT molecular complexity index is 1680. The van der Waals surface area contributed by atoms with E-state index in [1.165, 1.54) is 0 Å². The van der Waals surface area contributed by atoms with Crippen molar-refractivity contribution in [2.75, 3.05) is 0 Å². The normalized spacial score (nSPS) is 13.1. The van der Waals surface area contributed by atoms with Crippen LogP contribution in [0.4, 0.5) is 0 Å². The summed E-state index contributed by atoms with van der Waals surface area (Å²) in [7, 11) is 0. The number of fused-ring (bicyclic) bond motifs is 1. The Morgan fingerprint density at radius 2 is 1.11 bits per heavy atom. The summed E-state index contributed by atoms with van der Waals surface area (Å²) in [5, 5.41) is 14.2. The zero-order valence-electron chi connectivity index (χ0n) is 20.1. The third-order valence-electron chi connectivity index (χ3n) is 6.49. The summed E-state index contributed by atoms with van der Waals surface area (Å²) in [6, 6.07) is 31.1. The maximum absolute atomic E-state index is 8.66. The summed E-state index contributed by atoms with van der Waals surface area (Å²) in [5.74, 6) is 0. The van der Waals surface area contributed by atoms with Gasteiger partial charge in [-0.3, -0.25) is 9.97 Å². The Morgan fingerprint density at radius 1 is 0.595 bits per heavy atom. The van der Waals surface area contributed by atoms with Gasteiger partial charge in [0.1, 0.15) is 0 Å². The van der Waals surface area contributed by atoms with Crippen LogP contribution < -0.4 is 15.8 Å². The Kier molecular flexibility index (Phi) is 5.97. The fourth-order valence-electron chi connectivity index (χ4n) is 4.52. The topological polar surface area (TPSA) is 61.7 Å². The minimum Gasteiger partial charge on any atom is -0.361 e. The molecule has 0 saturated carbocycles. The summed E-state index contributed by atoms with van der Waals surface area (Å²) < 4.78 is 0. The van der Waals surface area contributed by atoms with E-state index < -0.39 is 0 Å². The first-order valence-electron chi connectivity index (χ1n) is 12.1. The molecule has 176 valence electrons. The van der Waals surface area contributed by atoms with Gasteiger partial charge in [-0.2, -0.15) is 0 Å². The van der Waals surface area contributed by atoms with Gasteiger partial charge in [0.15, 0.2) is 0 Å². The van der Waals surface area contributed by atoms with Gasteiger partial charge >= 0.3 is 0 Å². The van der Waals surface area contributed by atoms with Gasteiger partial charge in [-0.1, -0.05) is 48.5 Å². The molecule has 3 aromatic carbocycles. The van der Waals surface area contributed by atoms with Crippen LogP contribution in [0.1, 0.15) is 5.56 Å². The molecule has 0 spiro atoms. The maximum atomic E-state index is 8.66. The van der Waals surface area contributed by atoms with Crippen LogP contribution in [0.3, 0.4) is 0 Å². The fraction of sp³-hybridized carbons (Fsp3) is 0. The molecule has 1 aliphatic heterocycles. The van der Waals surface area contributed by atoms with Crippen molar-refractivity contribution in [1.82, 2.24) is 15.3 Å². The van der Waals surface area contributed by atoms with Gasteiger partial charge in [-0.15, -0.1) is 0 Å². The lowest BCUT2D eigenvalue weighted by atomic mass is 9.93. The molecule has 0 atom stereocenters. The molecule has 6 rings (SSSR count). The molecule has 0 fully saturated rings. The average Bonchev–Trinajstić information content (AvgIpc) is 2.98. The van der Waals surface area contributed by atoms with E-state index in [0.717, 1.165) is 55.1 Å². The van der Waals surface area contributed by atoms with Crippen LogP contribution >= 0.6 is 0 Å². The van der Waals surface area contributed by atoms with Gasteiger partial charge in [0, 0.05) is 36.7 Å². The van der Waals surface area contributed by atoms with E-state index in [1.807, 2.05) is 85.6 Å². The minimum absolute atomic E-state index is 0.459. The fourth-order valence-corrected chi connectivity index (χ4v) is 4.52. The molecule has 3 heterocycles. The van der Waals surface area contributed by atoms with Crippen molar-refractivity contribution < 1.29 is 0 Å². The molecule has 1 aliphatic rings. The van der Waals surface area contributed by atoms with Gasteiger partial charge < -0.3 is 10.7 Å². The summed E-state index contributed by atoms with van der Waals surface area (Å²) in [6.45, 7) is 0. The highest BCUT2D eigenvalue weighted by Crippen LogP contribution is 2.32. The Morgan fingerprint density at radius 3 is 1.68 bits per heavy atom. The summed E-state index contributed by atoms with van der Waals surface area (Å²) >= 11 is 0. The average molecular weight is 477 g/mol. The molecule has 4 heteroatoms. The number of nitrogens with zero attached hydrogens (tertiary/aromatic N) is 2. The van der Waals surface area contributed by atoms with E-state index in [0.29, 0.717) is 5.71 Å². The van der Waals surface area contributed by atoms with Gasteiger partial charge in [0.2, 0.25) is 0 Å². The molecular weight excluding hydrogens is 452 g/mol. The number of pyridine rings is 2. The molecule has 5 aromatic rings. The van der Waals surface area contributed by atoms with E-state index in [9.17, 15) is 0 Å². The molecular formula is C33H24N4. The monoisotopic (exact) mass is 476 g/mol. The number of nitrogens with one attached hydrogen (secondary N) is 2. The summed E-state index contributed by atoms with van der Waals surface area (Å²) in [4.78, 5) is 8.34. The number of aromatic nitrogens is 2. The number of allylic oxidation sites excluding steroid dienone is 2. The molecule has 2 N–H and O–H groups in total. The van der Waals surface area contributed by atoms with Crippen molar-refractivity contribution in [1.29, 1.82) is 5.41 Å². The van der Waals surface area contributed by atoms with E-state index in [1.54, 1.807) is 0 Å². The van der Waals surface area contributed by atoms with E-state index in [4.69, 9.17) is 5.41 Å². The zero-order valence-corrected chi connectivity index (χ0v) is 20.1. The number of rotatable bonds is 5. The third-order valence-corrected chi connectivity index (χ3v) is 6.49. The molecule has 0 radical (unpaired) electrons. The lowest BCUT2D eigenvalue weighted by molar-refractivity contribution is 1.17. The summed E-state index contributed by atoms with van der Waals surface area (Å²) in [5.41, 5.74) is 8.93. The molecule has 0 amide bonds. The first kappa shape index (κ1) is 22.4. The molecule has 0 unspecified atom stereocenters. The second-order valence-electron chi connectivity index (χ2n) is 8.92. The molecule has 0 saturated heterocycles. The highest BCUT2D eigenvalue weighted by atomic mass is 14.8. The van der Waals surface area contributed by atoms with Crippen molar-refractivity contribution in [3.05, 3.63) is 144 Å².